The van der Waals surface area contributed by atoms with Crippen LogP contribution in [0.2, 0.25) is 0 Å². The SMILES string of the molecule is CCCC(C)OS(=O)(=O)C(F)(F)C(F)(F)C(F)(F)C(F)(F)F. The molecule has 0 aliphatic rings. The van der Waals surface area contributed by atoms with Gasteiger partial charge < -0.3 is 0 Å². The molecule has 0 amide bonds. The second-order valence-corrected chi connectivity index (χ2v) is 5.93. The Morgan fingerprint density at radius 2 is 1.32 bits per heavy atom. The monoisotopic (exact) mass is 370 g/mol. The molecule has 0 rings (SSSR count). The van der Waals surface area contributed by atoms with E-state index in [1.165, 1.54) is 6.92 Å². The molecular formula is C9H11F9O3S. The quantitative estimate of drug-likeness (QED) is 0.504. The zero-order valence-corrected chi connectivity index (χ0v) is 11.8. The first-order valence-corrected chi connectivity index (χ1v) is 6.99. The number of alkyl halides is 9. The highest BCUT2D eigenvalue weighted by atomic mass is 32.2. The first-order valence-electron chi connectivity index (χ1n) is 5.58. The molecule has 0 aromatic rings. The summed E-state index contributed by atoms with van der Waals surface area (Å²) in [5.41, 5.74) is 0. The van der Waals surface area contributed by atoms with Crippen molar-refractivity contribution in [3.63, 3.8) is 0 Å². The van der Waals surface area contributed by atoms with E-state index in [0.717, 1.165) is 6.92 Å². The van der Waals surface area contributed by atoms with Crippen LogP contribution in [0.25, 0.3) is 0 Å². The van der Waals surface area contributed by atoms with Crippen LogP contribution in [0.5, 0.6) is 0 Å². The molecule has 0 saturated carbocycles. The van der Waals surface area contributed by atoms with Crippen LogP contribution in [-0.4, -0.2) is 37.8 Å². The van der Waals surface area contributed by atoms with E-state index in [9.17, 15) is 47.9 Å². The Hall–Kier alpha value is -0.720. The summed E-state index contributed by atoms with van der Waals surface area (Å²) in [5.74, 6) is -14.5. The van der Waals surface area contributed by atoms with Gasteiger partial charge in [0.1, 0.15) is 0 Å². The van der Waals surface area contributed by atoms with Gasteiger partial charge in [0.25, 0.3) is 0 Å². The van der Waals surface area contributed by atoms with Crippen LogP contribution >= 0.6 is 0 Å². The van der Waals surface area contributed by atoms with Crippen molar-refractivity contribution < 1.29 is 52.1 Å². The number of hydrogen-bond acceptors (Lipinski definition) is 3. The Morgan fingerprint density at radius 3 is 1.64 bits per heavy atom. The minimum Gasteiger partial charge on any atom is -0.262 e. The van der Waals surface area contributed by atoms with Crippen molar-refractivity contribution in [2.45, 2.75) is 56.1 Å². The number of rotatable bonds is 7. The smallest absolute Gasteiger partial charge is 0.262 e. The second-order valence-electron chi connectivity index (χ2n) is 4.31. The fourth-order valence-corrected chi connectivity index (χ4v) is 2.34. The topological polar surface area (TPSA) is 43.4 Å². The highest BCUT2D eigenvalue weighted by Gasteiger charge is 2.85. The van der Waals surface area contributed by atoms with E-state index in [0.29, 0.717) is 0 Å². The predicted octanol–water partition coefficient (Wildman–Crippen LogP) is 3.95. The third-order valence-electron chi connectivity index (χ3n) is 2.42. The van der Waals surface area contributed by atoms with Gasteiger partial charge in [-0.05, 0) is 13.3 Å². The second kappa shape index (κ2) is 6.06. The van der Waals surface area contributed by atoms with Crippen LogP contribution < -0.4 is 0 Å². The van der Waals surface area contributed by atoms with Crippen molar-refractivity contribution in [1.82, 2.24) is 0 Å². The van der Waals surface area contributed by atoms with Crippen molar-refractivity contribution in [2.75, 3.05) is 0 Å². The summed E-state index contributed by atoms with van der Waals surface area (Å²) in [7, 11) is -6.75. The molecule has 1 unspecified atom stereocenters. The Bertz CT molecular complexity index is 483. The van der Waals surface area contributed by atoms with Gasteiger partial charge in [-0.1, -0.05) is 13.3 Å². The minimum absolute atomic E-state index is 0.150. The van der Waals surface area contributed by atoms with E-state index < -0.39 is 39.5 Å². The summed E-state index contributed by atoms with van der Waals surface area (Å²) >= 11 is 0. The third kappa shape index (κ3) is 3.44. The summed E-state index contributed by atoms with van der Waals surface area (Å²) in [6.45, 7) is 2.27. The third-order valence-corrected chi connectivity index (χ3v) is 3.88. The zero-order chi connectivity index (χ0) is 18.2. The molecule has 0 spiro atoms. The van der Waals surface area contributed by atoms with Crippen LogP contribution in [0, 0.1) is 0 Å². The maximum Gasteiger partial charge on any atom is 0.460 e. The van der Waals surface area contributed by atoms with Crippen LogP contribution in [-0.2, 0) is 14.3 Å². The fourth-order valence-electron chi connectivity index (χ4n) is 1.25. The molecule has 3 nitrogen and oxygen atoms in total. The standard InChI is InChI=1S/C9H11F9O3S/c1-3-4-5(2)21-22(19,20)9(17,18)7(12,13)6(10,11)8(14,15)16/h5H,3-4H2,1-2H3. The van der Waals surface area contributed by atoms with Gasteiger partial charge >= 0.3 is 33.4 Å². The molecule has 0 fully saturated rings. The lowest BCUT2D eigenvalue weighted by molar-refractivity contribution is -0.382. The van der Waals surface area contributed by atoms with Gasteiger partial charge in [-0.25, -0.2) is 0 Å². The molecule has 0 bridgehead atoms. The molecule has 0 aromatic carbocycles. The van der Waals surface area contributed by atoms with Crippen molar-refractivity contribution in [3.8, 4) is 0 Å². The average molecular weight is 370 g/mol. The molecule has 0 saturated heterocycles. The maximum absolute atomic E-state index is 13.2. The highest BCUT2D eigenvalue weighted by Crippen LogP contribution is 2.55. The Morgan fingerprint density at radius 1 is 0.909 bits per heavy atom. The molecule has 0 aliphatic carbocycles. The molecule has 22 heavy (non-hydrogen) atoms. The van der Waals surface area contributed by atoms with Gasteiger partial charge in [0.15, 0.2) is 0 Å². The lowest BCUT2D eigenvalue weighted by Gasteiger charge is -2.33. The average Bonchev–Trinajstić information content (AvgIpc) is 2.25. The molecule has 0 aromatic heterocycles. The summed E-state index contributed by atoms with van der Waals surface area (Å²) in [5, 5.41) is -6.79. The molecular weight excluding hydrogens is 359 g/mol. The molecule has 0 radical (unpaired) electrons. The zero-order valence-electron chi connectivity index (χ0n) is 11.0. The molecule has 0 heterocycles. The van der Waals surface area contributed by atoms with Crippen molar-refractivity contribution in [2.24, 2.45) is 0 Å². The van der Waals surface area contributed by atoms with Gasteiger partial charge in [0.2, 0.25) is 0 Å². The Balaban J connectivity index is 5.80. The first kappa shape index (κ1) is 21.3. The van der Waals surface area contributed by atoms with E-state index in [2.05, 4.69) is 4.18 Å². The van der Waals surface area contributed by atoms with Crippen LogP contribution in [0.3, 0.4) is 0 Å². The lowest BCUT2D eigenvalue weighted by atomic mass is 10.1. The van der Waals surface area contributed by atoms with Crippen molar-refractivity contribution in [1.29, 1.82) is 0 Å². The predicted molar refractivity (Wildman–Crippen MR) is 55.3 cm³/mol. The normalized spacial score (nSPS) is 16.7. The summed E-state index contributed by atoms with van der Waals surface area (Å²) in [6.07, 6.45) is -8.80. The highest BCUT2D eigenvalue weighted by molar-refractivity contribution is 7.87. The van der Waals surface area contributed by atoms with Gasteiger partial charge in [-0.15, -0.1) is 0 Å². The molecule has 13 heteroatoms. The van der Waals surface area contributed by atoms with Crippen LogP contribution in [0.4, 0.5) is 39.5 Å². The molecule has 0 N–H and O–H groups in total. The maximum atomic E-state index is 13.2. The number of hydrogen-bond donors (Lipinski definition) is 0. The number of halogens is 9. The van der Waals surface area contributed by atoms with Crippen molar-refractivity contribution in [3.05, 3.63) is 0 Å². The van der Waals surface area contributed by atoms with E-state index >= 15 is 0 Å². The summed E-state index contributed by atoms with van der Waals surface area (Å²) < 4.78 is 138. The van der Waals surface area contributed by atoms with Crippen molar-refractivity contribution >= 4 is 10.1 Å². The molecule has 1 atom stereocenters. The van der Waals surface area contributed by atoms with Crippen LogP contribution in [0.1, 0.15) is 26.7 Å². The van der Waals surface area contributed by atoms with E-state index in [1.54, 1.807) is 0 Å². The molecule has 134 valence electrons. The Labute approximate surface area is 119 Å². The summed E-state index contributed by atoms with van der Waals surface area (Å²) in [6, 6.07) is 0. The van der Waals surface area contributed by atoms with Gasteiger partial charge in [-0.3, -0.25) is 4.18 Å². The van der Waals surface area contributed by atoms with Crippen LogP contribution in [0.15, 0.2) is 0 Å². The van der Waals surface area contributed by atoms with Gasteiger partial charge in [0, 0.05) is 0 Å². The van der Waals surface area contributed by atoms with E-state index in [-0.39, 0.29) is 12.8 Å². The molecule has 0 aliphatic heterocycles. The summed E-state index contributed by atoms with van der Waals surface area (Å²) in [4.78, 5) is 0. The van der Waals surface area contributed by atoms with E-state index in [4.69, 9.17) is 0 Å². The lowest BCUT2D eigenvalue weighted by Crippen LogP contribution is -2.63. The van der Waals surface area contributed by atoms with E-state index in [1.807, 2.05) is 0 Å². The fraction of sp³-hybridized carbons (Fsp3) is 1.00. The largest absolute Gasteiger partial charge is 0.460 e. The Kier molecular flexibility index (Phi) is 5.86. The van der Waals surface area contributed by atoms with Gasteiger partial charge in [-0.2, -0.15) is 47.9 Å². The van der Waals surface area contributed by atoms with Gasteiger partial charge in [0.05, 0.1) is 6.10 Å². The minimum atomic E-state index is -7.28. The first-order chi connectivity index (χ1) is 9.45.